The van der Waals surface area contributed by atoms with Gasteiger partial charge in [0, 0.05) is 17.6 Å². The molecule has 4 nitrogen and oxygen atoms in total. The number of anilines is 1. The number of carbonyl (C=O) groups excluding carboxylic acids is 1. The van der Waals surface area contributed by atoms with E-state index in [-0.39, 0.29) is 11.9 Å². The summed E-state index contributed by atoms with van der Waals surface area (Å²) >= 11 is 5.84. The smallest absolute Gasteiger partial charge is 0.270 e. The van der Waals surface area contributed by atoms with E-state index in [4.69, 9.17) is 11.6 Å². The molecule has 2 rings (SSSR count). The van der Waals surface area contributed by atoms with E-state index in [1.807, 2.05) is 44.2 Å². The second kappa shape index (κ2) is 7.09. The van der Waals surface area contributed by atoms with Gasteiger partial charge in [-0.1, -0.05) is 23.7 Å². The summed E-state index contributed by atoms with van der Waals surface area (Å²) in [5.74, 6) is -0.158. The molecule has 0 saturated carbocycles. The molecule has 0 radical (unpaired) electrons. The molecular weight excluding hydrogens is 286 g/mol. The lowest BCUT2D eigenvalue weighted by molar-refractivity contribution is 0.0938. The van der Waals surface area contributed by atoms with Crippen LogP contribution in [0.1, 0.15) is 29.9 Å². The van der Waals surface area contributed by atoms with Crippen molar-refractivity contribution in [2.24, 2.45) is 0 Å². The maximum absolute atomic E-state index is 11.8. The fourth-order valence-corrected chi connectivity index (χ4v) is 1.90. The molecule has 0 atom stereocenters. The van der Waals surface area contributed by atoms with E-state index >= 15 is 0 Å². The van der Waals surface area contributed by atoms with Crippen molar-refractivity contribution in [3.05, 3.63) is 58.9 Å². The lowest BCUT2D eigenvalue weighted by Gasteiger charge is -2.09. The van der Waals surface area contributed by atoms with Crippen LogP contribution in [-0.4, -0.2) is 16.9 Å². The average Bonchev–Trinajstić information content (AvgIpc) is 2.46. The fourth-order valence-electron chi connectivity index (χ4n) is 1.78. The first-order valence-electron chi connectivity index (χ1n) is 6.80. The quantitative estimate of drug-likeness (QED) is 0.889. The first kappa shape index (κ1) is 15.3. The summed E-state index contributed by atoms with van der Waals surface area (Å²) in [6, 6.07) is 11.3. The van der Waals surface area contributed by atoms with Crippen molar-refractivity contribution in [2.75, 3.05) is 5.32 Å². The number of nitrogens with zero attached hydrogens (tertiary/aromatic N) is 1. The molecule has 0 fully saturated rings. The van der Waals surface area contributed by atoms with Gasteiger partial charge in [0.1, 0.15) is 5.69 Å². The minimum absolute atomic E-state index is 0.0991. The van der Waals surface area contributed by atoms with Crippen LogP contribution in [0.25, 0.3) is 0 Å². The number of hydrogen-bond acceptors (Lipinski definition) is 3. The second-order valence-electron chi connectivity index (χ2n) is 5.04. The minimum atomic E-state index is -0.158. The van der Waals surface area contributed by atoms with E-state index in [0.29, 0.717) is 12.2 Å². The number of nitrogens with one attached hydrogen (secondary N) is 2. The van der Waals surface area contributed by atoms with Gasteiger partial charge in [0.2, 0.25) is 0 Å². The summed E-state index contributed by atoms with van der Waals surface area (Å²) in [5.41, 5.74) is 2.41. The van der Waals surface area contributed by atoms with E-state index in [1.54, 1.807) is 12.3 Å². The molecule has 1 heterocycles. The number of carbonyl (C=O) groups is 1. The van der Waals surface area contributed by atoms with Crippen LogP contribution in [0.4, 0.5) is 5.69 Å². The predicted molar refractivity (Wildman–Crippen MR) is 85.6 cm³/mol. The molecule has 0 unspecified atom stereocenters. The van der Waals surface area contributed by atoms with Gasteiger partial charge in [-0.05, 0) is 43.7 Å². The number of aromatic nitrogens is 1. The predicted octanol–water partition coefficient (Wildman–Crippen LogP) is 3.49. The third kappa shape index (κ3) is 4.76. The molecule has 1 amide bonds. The third-order valence-electron chi connectivity index (χ3n) is 2.83. The zero-order valence-electron chi connectivity index (χ0n) is 12.1. The number of benzene rings is 1. The summed E-state index contributed by atoms with van der Waals surface area (Å²) in [4.78, 5) is 15.9. The van der Waals surface area contributed by atoms with Crippen molar-refractivity contribution in [2.45, 2.75) is 26.4 Å². The van der Waals surface area contributed by atoms with Crippen LogP contribution >= 0.6 is 11.6 Å². The molecule has 2 aromatic rings. The van der Waals surface area contributed by atoms with E-state index in [1.165, 1.54) is 0 Å². The topological polar surface area (TPSA) is 54.0 Å². The first-order chi connectivity index (χ1) is 10.0. The Balaban J connectivity index is 1.93. The summed E-state index contributed by atoms with van der Waals surface area (Å²) in [7, 11) is 0. The highest BCUT2D eigenvalue weighted by Crippen LogP contribution is 2.12. The van der Waals surface area contributed by atoms with Crippen LogP contribution in [-0.2, 0) is 6.54 Å². The molecule has 1 aromatic heterocycles. The Bertz CT molecular complexity index is 594. The van der Waals surface area contributed by atoms with Crippen molar-refractivity contribution in [1.29, 1.82) is 0 Å². The highest BCUT2D eigenvalue weighted by atomic mass is 35.5. The summed E-state index contributed by atoms with van der Waals surface area (Å²) < 4.78 is 0. The summed E-state index contributed by atoms with van der Waals surface area (Å²) in [6.07, 6.45) is 1.66. The number of hydrogen-bond donors (Lipinski definition) is 2. The van der Waals surface area contributed by atoms with Crippen molar-refractivity contribution in [3.63, 3.8) is 0 Å². The van der Waals surface area contributed by atoms with Crippen molar-refractivity contribution in [1.82, 2.24) is 10.3 Å². The third-order valence-corrected chi connectivity index (χ3v) is 3.08. The molecule has 0 saturated heterocycles. The average molecular weight is 304 g/mol. The lowest BCUT2D eigenvalue weighted by Crippen LogP contribution is -2.30. The van der Waals surface area contributed by atoms with Gasteiger partial charge in [-0.15, -0.1) is 0 Å². The van der Waals surface area contributed by atoms with E-state index < -0.39 is 0 Å². The summed E-state index contributed by atoms with van der Waals surface area (Å²) in [5, 5.41) is 6.78. The zero-order chi connectivity index (χ0) is 15.2. The molecule has 110 valence electrons. The lowest BCUT2D eigenvalue weighted by atomic mass is 10.2. The standard InChI is InChI=1S/C16H18ClN3O/c1-11(2)20-16(21)15-8-7-14(10-19-15)18-9-12-3-5-13(17)6-4-12/h3-8,10-11,18H,9H2,1-2H3,(H,20,21). The van der Waals surface area contributed by atoms with E-state index in [9.17, 15) is 4.79 Å². The Morgan fingerprint density at radius 1 is 1.19 bits per heavy atom. The van der Waals surface area contributed by atoms with Gasteiger partial charge < -0.3 is 10.6 Å². The largest absolute Gasteiger partial charge is 0.380 e. The van der Waals surface area contributed by atoms with Crippen LogP contribution in [0.3, 0.4) is 0 Å². The van der Waals surface area contributed by atoms with Gasteiger partial charge in [0.15, 0.2) is 0 Å². The number of pyridine rings is 1. The monoisotopic (exact) mass is 303 g/mol. The van der Waals surface area contributed by atoms with Gasteiger partial charge in [0.05, 0.1) is 11.9 Å². The molecule has 0 bridgehead atoms. The maximum Gasteiger partial charge on any atom is 0.270 e. The molecule has 0 aliphatic heterocycles. The normalized spacial score (nSPS) is 10.5. The zero-order valence-corrected chi connectivity index (χ0v) is 12.8. The van der Waals surface area contributed by atoms with Crippen LogP contribution in [0.2, 0.25) is 5.02 Å². The summed E-state index contributed by atoms with van der Waals surface area (Å²) in [6.45, 7) is 4.51. The van der Waals surface area contributed by atoms with Gasteiger partial charge in [-0.3, -0.25) is 4.79 Å². The van der Waals surface area contributed by atoms with Gasteiger partial charge in [-0.25, -0.2) is 4.98 Å². The van der Waals surface area contributed by atoms with Crippen LogP contribution < -0.4 is 10.6 Å². The van der Waals surface area contributed by atoms with Crippen molar-refractivity contribution >= 4 is 23.2 Å². The Labute approximate surface area is 129 Å². The van der Waals surface area contributed by atoms with Crippen molar-refractivity contribution in [3.8, 4) is 0 Å². The van der Waals surface area contributed by atoms with Crippen molar-refractivity contribution < 1.29 is 4.79 Å². The van der Waals surface area contributed by atoms with Gasteiger partial charge in [0.25, 0.3) is 5.91 Å². The minimum Gasteiger partial charge on any atom is -0.380 e. The number of rotatable bonds is 5. The van der Waals surface area contributed by atoms with Gasteiger partial charge in [-0.2, -0.15) is 0 Å². The Kier molecular flexibility index (Phi) is 5.17. The maximum atomic E-state index is 11.8. The molecule has 2 N–H and O–H groups in total. The van der Waals surface area contributed by atoms with E-state index in [2.05, 4.69) is 15.6 Å². The molecule has 21 heavy (non-hydrogen) atoms. The first-order valence-corrected chi connectivity index (χ1v) is 7.17. The second-order valence-corrected chi connectivity index (χ2v) is 5.48. The van der Waals surface area contributed by atoms with Crippen LogP contribution in [0, 0.1) is 0 Å². The van der Waals surface area contributed by atoms with Crippen LogP contribution in [0.15, 0.2) is 42.6 Å². The molecule has 1 aromatic carbocycles. The molecule has 0 spiro atoms. The Morgan fingerprint density at radius 3 is 2.48 bits per heavy atom. The Morgan fingerprint density at radius 2 is 1.90 bits per heavy atom. The molecular formula is C16H18ClN3O. The van der Waals surface area contributed by atoms with Gasteiger partial charge >= 0.3 is 0 Å². The van der Waals surface area contributed by atoms with Crippen LogP contribution in [0.5, 0.6) is 0 Å². The molecule has 0 aliphatic carbocycles. The molecule has 5 heteroatoms. The highest BCUT2D eigenvalue weighted by Gasteiger charge is 2.07. The number of amides is 1. The van der Waals surface area contributed by atoms with E-state index in [0.717, 1.165) is 16.3 Å². The molecule has 0 aliphatic rings. The fraction of sp³-hybridized carbons (Fsp3) is 0.250. The number of halogens is 1. The Hall–Kier alpha value is -2.07. The SMILES string of the molecule is CC(C)NC(=O)c1ccc(NCc2ccc(Cl)cc2)cn1. The highest BCUT2D eigenvalue weighted by molar-refractivity contribution is 6.30.